The first-order valence-corrected chi connectivity index (χ1v) is 13.5. The number of benzene rings is 2. The SMILES string of the molecule is CCN1CCCC1CCNc1ccccc1S(=O)(=O)Nc1ccc2c(c1C(=O)O)OCC1CC21. The van der Waals surface area contributed by atoms with Crippen molar-refractivity contribution < 1.29 is 23.1 Å². The topological polar surface area (TPSA) is 108 Å². The highest BCUT2D eigenvalue weighted by molar-refractivity contribution is 7.92. The van der Waals surface area contributed by atoms with E-state index >= 15 is 0 Å². The first-order chi connectivity index (χ1) is 16.4. The van der Waals surface area contributed by atoms with Crippen molar-refractivity contribution in [1.29, 1.82) is 0 Å². The summed E-state index contributed by atoms with van der Waals surface area (Å²) in [5.74, 6) is -0.184. The first kappa shape index (κ1) is 23.0. The Bertz CT molecular complexity index is 1200. The number of nitrogens with one attached hydrogen (secondary N) is 2. The van der Waals surface area contributed by atoms with E-state index in [-0.39, 0.29) is 21.9 Å². The third-order valence-electron chi connectivity index (χ3n) is 7.28. The van der Waals surface area contributed by atoms with Crippen LogP contribution in [0.3, 0.4) is 0 Å². The maximum Gasteiger partial charge on any atom is 0.341 e. The smallest absolute Gasteiger partial charge is 0.341 e. The van der Waals surface area contributed by atoms with Gasteiger partial charge < -0.3 is 20.1 Å². The molecule has 0 radical (unpaired) electrons. The summed E-state index contributed by atoms with van der Waals surface area (Å²) in [6.07, 6.45) is 4.28. The third kappa shape index (κ3) is 4.34. The lowest BCUT2D eigenvalue weighted by Crippen LogP contribution is -2.30. The average molecular weight is 486 g/mol. The van der Waals surface area contributed by atoms with Crippen molar-refractivity contribution >= 4 is 27.4 Å². The van der Waals surface area contributed by atoms with Crippen LogP contribution >= 0.6 is 0 Å². The van der Waals surface area contributed by atoms with E-state index in [0.29, 0.717) is 36.7 Å². The maximum atomic E-state index is 13.4. The Morgan fingerprint density at radius 1 is 1.21 bits per heavy atom. The minimum atomic E-state index is -4.04. The molecule has 9 heteroatoms. The quantitative estimate of drug-likeness (QED) is 0.493. The summed E-state index contributed by atoms with van der Waals surface area (Å²) < 4.78 is 35.0. The van der Waals surface area contributed by atoms with Crippen LogP contribution in [0, 0.1) is 5.92 Å². The Labute approximate surface area is 200 Å². The van der Waals surface area contributed by atoms with Crippen LogP contribution in [0.2, 0.25) is 0 Å². The van der Waals surface area contributed by atoms with Crippen molar-refractivity contribution in [3.63, 3.8) is 0 Å². The monoisotopic (exact) mass is 485 g/mol. The second-order valence-electron chi connectivity index (χ2n) is 9.37. The zero-order valence-electron chi connectivity index (χ0n) is 19.3. The van der Waals surface area contributed by atoms with Crippen LogP contribution in [0.25, 0.3) is 0 Å². The summed E-state index contributed by atoms with van der Waals surface area (Å²) in [6.45, 7) is 5.44. The van der Waals surface area contributed by atoms with Crippen molar-refractivity contribution in [3.05, 3.63) is 47.5 Å². The van der Waals surface area contributed by atoms with Crippen LogP contribution in [-0.4, -0.2) is 56.7 Å². The summed E-state index contributed by atoms with van der Waals surface area (Å²) >= 11 is 0. The van der Waals surface area contributed by atoms with Crippen LogP contribution in [0.1, 0.15) is 54.4 Å². The highest BCUT2D eigenvalue weighted by Crippen LogP contribution is 2.55. The Kier molecular flexibility index (Phi) is 6.16. The predicted molar refractivity (Wildman–Crippen MR) is 130 cm³/mol. The molecule has 1 aliphatic carbocycles. The molecule has 0 spiro atoms. The molecule has 34 heavy (non-hydrogen) atoms. The van der Waals surface area contributed by atoms with E-state index < -0.39 is 16.0 Å². The van der Waals surface area contributed by atoms with Crippen molar-refractivity contribution in [2.24, 2.45) is 5.92 Å². The van der Waals surface area contributed by atoms with Gasteiger partial charge in [0, 0.05) is 18.5 Å². The lowest BCUT2D eigenvalue weighted by Gasteiger charge is -2.23. The van der Waals surface area contributed by atoms with Gasteiger partial charge in [-0.1, -0.05) is 25.1 Å². The van der Waals surface area contributed by atoms with Crippen molar-refractivity contribution in [1.82, 2.24) is 4.90 Å². The molecule has 5 rings (SSSR count). The van der Waals surface area contributed by atoms with Gasteiger partial charge in [-0.2, -0.15) is 0 Å². The lowest BCUT2D eigenvalue weighted by molar-refractivity contribution is 0.0692. The van der Waals surface area contributed by atoms with Gasteiger partial charge in [-0.25, -0.2) is 13.2 Å². The third-order valence-corrected chi connectivity index (χ3v) is 8.71. The van der Waals surface area contributed by atoms with Gasteiger partial charge in [0.25, 0.3) is 10.0 Å². The van der Waals surface area contributed by atoms with Gasteiger partial charge in [-0.3, -0.25) is 4.72 Å². The molecule has 0 aromatic heterocycles. The summed E-state index contributed by atoms with van der Waals surface area (Å²) in [7, 11) is -4.04. The number of sulfonamides is 1. The zero-order chi connectivity index (χ0) is 23.9. The number of para-hydroxylation sites is 1. The number of nitrogens with zero attached hydrogens (tertiary/aromatic N) is 1. The molecule has 2 aromatic carbocycles. The number of carbonyl (C=O) groups is 1. The summed E-state index contributed by atoms with van der Waals surface area (Å²) in [5, 5.41) is 13.2. The van der Waals surface area contributed by atoms with Crippen molar-refractivity contribution in [2.75, 3.05) is 36.3 Å². The Morgan fingerprint density at radius 2 is 2.03 bits per heavy atom. The molecule has 0 bridgehead atoms. The van der Waals surface area contributed by atoms with Crippen molar-refractivity contribution in [2.45, 2.75) is 49.5 Å². The van der Waals surface area contributed by atoms with E-state index in [0.717, 1.165) is 37.9 Å². The van der Waals surface area contributed by atoms with Crippen LogP contribution in [-0.2, 0) is 10.0 Å². The number of fused-ring (bicyclic) bond motifs is 3. The van der Waals surface area contributed by atoms with Crippen LogP contribution in [0.4, 0.5) is 11.4 Å². The second-order valence-corrected chi connectivity index (χ2v) is 11.0. The average Bonchev–Trinajstić information content (AvgIpc) is 3.48. The summed E-state index contributed by atoms with van der Waals surface area (Å²) in [4.78, 5) is 14.6. The van der Waals surface area contributed by atoms with E-state index in [9.17, 15) is 18.3 Å². The summed E-state index contributed by atoms with van der Waals surface area (Å²) in [6, 6.07) is 10.6. The van der Waals surface area contributed by atoms with Gasteiger partial charge in [0.15, 0.2) is 0 Å². The first-order valence-electron chi connectivity index (χ1n) is 12.0. The van der Waals surface area contributed by atoms with Crippen LogP contribution in [0.15, 0.2) is 41.3 Å². The number of hydrogen-bond donors (Lipinski definition) is 3. The lowest BCUT2D eigenvalue weighted by atomic mass is 10.0. The molecule has 2 aromatic rings. The number of carboxylic acid groups (broad SMARTS) is 1. The molecule has 2 fully saturated rings. The summed E-state index contributed by atoms with van der Waals surface area (Å²) in [5.41, 5.74) is 1.25. The second kappa shape index (κ2) is 9.11. The molecule has 3 atom stereocenters. The Morgan fingerprint density at radius 3 is 2.82 bits per heavy atom. The van der Waals surface area contributed by atoms with Gasteiger partial charge >= 0.3 is 5.97 Å². The zero-order valence-corrected chi connectivity index (χ0v) is 20.1. The largest absolute Gasteiger partial charge is 0.492 e. The molecular weight excluding hydrogens is 454 g/mol. The standard InChI is InChI=1S/C25H31N3O5S/c1-2-28-13-5-6-17(28)11-12-26-20-7-3-4-8-22(20)34(31,32)27-21-10-9-18-19-14-16(19)15-33-24(18)23(21)25(29)30/h3-4,7-10,16-17,19,26-27H,2,5-6,11-15H2,1H3,(H,29,30). The minimum Gasteiger partial charge on any atom is -0.492 e. The van der Waals surface area contributed by atoms with E-state index in [1.807, 2.05) is 0 Å². The number of rotatable bonds is 9. The number of carboxylic acids is 1. The van der Waals surface area contributed by atoms with Gasteiger partial charge in [0.05, 0.1) is 18.0 Å². The number of anilines is 2. The highest BCUT2D eigenvalue weighted by atomic mass is 32.2. The molecule has 2 heterocycles. The predicted octanol–water partition coefficient (Wildman–Crippen LogP) is 3.97. The van der Waals surface area contributed by atoms with E-state index in [1.165, 1.54) is 12.5 Å². The van der Waals surface area contributed by atoms with Gasteiger partial charge in [0.2, 0.25) is 0 Å². The van der Waals surface area contributed by atoms with Crippen LogP contribution < -0.4 is 14.8 Å². The fraction of sp³-hybridized carbons (Fsp3) is 0.480. The van der Waals surface area contributed by atoms with E-state index in [1.54, 1.807) is 30.3 Å². The number of aromatic carboxylic acids is 1. The van der Waals surface area contributed by atoms with E-state index in [4.69, 9.17) is 4.74 Å². The molecule has 3 N–H and O–H groups in total. The highest BCUT2D eigenvalue weighted by Gasteiger charge is 2.45. The number of hydrogen-bond acceptors (Lipinski definition) is 6. The molecule has 0 amide bonds. The number of ether oxygens (including phenoxy) is 1. The fourth-order valence-electron chi connectivity index (χ4n) is 5.41. The molecule has 8 nitrogen and oxygen atoms in total. The molecule has 3 aliphatic rings. The molecule has 182 valence electrons. The fourth-order valence-corrected chi connectivity index (χ4v) is 6.66. The van der Waals surface area contributed by atoms with E-state index in [2.05, 4.69) is 21.9 Å². The maximum absolute atomic E-state index is 13.4. The van der Waals surface area contributed by atoms with Gasteiger partial charge in [-0.05, 0) is 68.5 Å². The number of likely N-dealkylation sites (tertiary alicyclic amines) is 1. The molecule has 1 saturated carbocycles. The molecule has 1 saturated heterocycles. The molecule has 3 unspecified atom stereocenters. The molecule has 2 aliphatic heterocycles. The minimum absolute atomic E-state index is 0.0182. The Hall–Kier alpha value is -2.78. The van der Waals surface area contributed by atoms with Crippen LogP contribution in [0.5, 0.6) is 5.75 Å². The molecular formula is C25H31N3O5S. The Balaban J connectivity index is 1.36. The van der Waals surface area contributed by atoms with Crippen molar-refractivity contribution in [3.8, 4) is 5.75 Å². The van der Waals surface area contributed by atoms with Gasteiger partial charge in [-0.15, -0.1) is 0 Å². The normalized spacial score (nSPS) is 23.5. The van der Waals surface area contributed by atoms with Gasteiger partial charge in [0.1, 0.15) is 16.2 Å².